The molecule has 0 aromatic heterocycles. The number of hydrazone groups is 1. The SMILES string of the molecule is CC(=O)C1=NN(c2ccc(C)cc2)C(CS(C)(=O)=O)C([N+](=O)[O-])C1c1ccc(C)cc1. The number of nitro groups is 1. The standard InChI is InChI=1S/C22H25N3O5S/c1-14-5-9-17(10-6-14)20-21(16(3)26)23-24(18-11-7-15(2)8-12-18)19(13-31(4,29)30)22(20)25(27)28/h5-12,19-20,22H,13H2,1-4H3. The molecule has 0 aliphatic carbocycles. The number of carbonyl (C=O) groups excluding carboxylic acids is 1. The first-order valence-electron chi connectivity index (χ1n) is 9.81. The molecule has 2 aromatic carbocycles. The van der Waals surface area contributed by atoms with E-state index < -0.39 is 44.3 Å². The number of rotatable bonds is 6. The zero-order chi connectivity index (χ0) is 22.9. The van der Waals surface area contributed by atoms with Gasteiger partial charge in [-0.2, -0.15) is 5.10 Å². The second kappa shape index (κ2) is 8.58. The van der Waals surface area contributed by atoms with Crippen molar-refractivity contribution in [3.8, 4) is 0 Å². The summed E-state index contributed by atoms with van der Waals surface area (Å²) in [6.07, 6.45) is 1.04. The van der Waals surface area contributed by atoms with Crippen LogP contribution in [0.2, 0.25) is 0 Å². The lowest BCUT2D eigenvalue weighted by Gasteiger charge is -2.39. The number of benzene rings is 2. The first-order valence-corrected chi connectivity index (χ1v) is 11.9. The highest BCUT2D eigenvalue weighted by Crippen LogP contribution is 2.36. The van der Waals surface area contributed by atoms with Crippen LogP contribution in [0.5, 0.6) is 0 Å². The predicted molar refractivity (Wildman–Crippen MR) is 120 cm³/mol. The van der Waals surface area contributed by atoms with Crippen LogP contribution in [0.1, 0.15) is 29.5 Å². The molecule has 0 amide bonds. The van der Waals surface area contributed by atoms with E-state index in [0.717, 1.165) is 17.4 Å². The van der Waals surface area contributed by atoms with E-state index in [1.807, 2.05) is 38.1 Å². The lowest BCUT2D eigenvalue weighted by atomic mass is 9.81. The zero-order valence-electron chi connectivity index (χ0n) is 17.8. The van der Waals surface area contributed by atoms with E-state index in [0.29, 0.717) is 11.3 Å². The van der Waals surface area contributed by atoms with Gasteiger partial charge in [-0.05, 0) is 31.5 Å². The first kappa shape index (κ1) is 22.6. The van der Waals surface area contributed by atoms with Gasteiger partial charge in [-0.3, -0.25) is 19.9 Å². The average Bonchev–Trinajstić information content (AvgIpc) is 2.67. The minimum absolute atomic E-state index is 0.0379. The fourth-order valence-corrected chi connectivity index (χ4v) is 4.85. The van der Waals surface area contributed by atoms with E-state index in [-0.39, 0.29) is 5.71 Å². The lowest BCUT2D eigenvalue weighted by molar-refractivity contribution is -0.526. The number of ketones is 1. The number of aryl methyl sites for hydroxylation is 2. The summed E-state index contributed by atoms with van der Waals surface area (Å²) < 4.78 is 24.5. The number of Topliss-reactive ketones (excluding diaryl/α,β-unsaturated/α-hetero) is 1. The normalized spacial score (nSPS) is 21.5. The van der Waals surface area contributed by atoms with E-state index in [4.69, 9.17) is 0 Å². The molecule has 3 rings (SSSR count). The Morgan fingerprint density at radius 1 is 1.06 bits per heavy atom. The summed E-state index contributed by atoms with van der Waals surface area (Å²) in [6, 6.07) is 11.7. The Hall–Kier alpha value is -3.07. The van der Waals surface area contributed by atoms with Crippen LogP contribution >= 0.6 is 0 Å². The molecule has 0 fully saturated rings. The van der Waals surface area contributed by atoms with Crippen molar-refractivity contribution in [2.24, 2.45) is 5.10 Å². The summed E-state index contributed by atoms with van der Waals surface area (Å²) in [6.45, 7) is 5.11. The maximum atomic E-state index is 12.5. The third-order valence-corrected chi connectivity index (χ3v) is 6.32. The summed E-state index contributed by atoms with van der Waals surface area (Å²) in [5.74, 6) is -1.82. The van der Waals surface area contributed by atoms with Gasteiger partial charge in [-0.25, -0.2) is 8.42 Å². The van der Waals surface area contributed by atoms with Crippen molar-refractivity contribution in [2.45, 2.75) is 38.8 Å². The number of hydrogen-bond donors (Lipinski definition) is 0. The Morgan fingerprint density at radius 3 is 2.03 bits per heavy atom. The Labute approximate surface area is 181 Å². The van der Waals surface area contributed by atoms with Crippen LogP contribution in [0.15, 0.2) is 53.6 Å². The molecular formula is C22H25N3O5S. The van der Waals surface area contributed by atoms with Crippen LogP contribution in [0.4, 0.5) is 5.69 Å². The van der Waals surface area contributed by atoms with Gasteiger partial charge in [0.25, 0.3) is 0 Å². The van der Waals surface area contributed by atoms with Gasteiger partial charge in [-0.1, -0.05) is 47.5 Å². The molecule has 164 valence electrons. The summed E-state index contributed by atoms with van der Waals surface area (Å²) in [7, 11) is -3.59. The average molecular weight is 444 g/mol. The van der Waals surface area contributed by atoms with Gasteiger partial charge in [0.15, 0.2) is 5.78 Å². The predicted octanol–water partition coefficient (Wildman–Crippen LogP) is 2.91. The summed E-state index contributed by atoms with van der Waals surface area (Å²) >= 11 is 0. The molecule has 3 atom stereocenters. The van der Waals surface area contributed by atoms with E-state index >= 15 is 0 Å². The molecule has 0 bridgehead atoms. The van der Waals surface area contributed by atoms with E-state index in [1.165, 1.54) is 11.9 Å². The van der Waals surface area contributed by atoms with Crippen molar-refractivity contribution >= 4 is 27.0 Å². The smallest absolute Gasteiger partial charge is 0.248 e. The maximum absolute atomic E-state index is 12.5. The van der Waals surface area contributed by atoms with Crippen molar-refractivity contribution < 1.29 is 18.1 Å². The molecule has 1 aliphatic rings. The Kier molecular flexibility index (Phi) is 6.26. The minimum atomic E-state index is -3.59. The van der Waals surface area contributed by atoms with Gasteiger partial charge in [0.1, 0.15) is 27.5 Å². The molecule has 0 radical (unpaired) electrons. The zero-order valence-corrected chi connectivity index (χ0v) is 18.7. The monoisotopic (exact) mass is 443 g/mol. The maximum Gasteiger partial charge on any atom is 0.248 e. The van der Waals surface area contributed by atoms with E-state index in [1.54, 1.807) is 24.3 Å². The molecule has 0 N–H and O–H groups in total. The molecule has 0 spiro atoms. The quantitative estimate of drug-likeness (QED) is 0.501. The van der Waals surface area contributed by atoms with Gasteiger partial charge in [0, 0.05) is 18.1 Å². The van der Waals surface area contributed by atoms with Crippen LogP contribution in [-0.2, 0) is 14.6 Å². The van der Waals surface area contributed by atoms with Crippen molar-refractivity contribution in [3.05, 3.63) is 75.3 Å². The third-order valence-electron chi connectivity index (χ3n) is 5.37. The molecule has 0 saturated heterocycles. The molecule has 3 unspecified atom stereocenters. The summed E-state index contributed by atoms with van der Waals surface area (Å²) in [5.41, 5.74) is 3.03. The summed E-state index contributed by atoms with van der Waals surface area (Å²) in [5, 5.41) is 18.1. The van der Waals surface area contributed by atoms with Crippen molar-refractivity contribution in [2.75, 3.05) is 17.0 Å². The Bertz CT molecular complexity index is 1120. The van der Waals surface area contributed by atoms with Crippen molar-refractivity contribution in [3.63, 3.8) is 0 Å². The van der Waals surface area contributed by atoms with Crippen LogP contribution in [0.25, 0.3) is 0 Å². The highest BCUT2D eigenvalue weighted by atomic mass is 32.2. The van der Waals surface area contributed by atoms with Gasteiger partial charge in [0.05, 0.1) is 11.4 Å². The number of anilines is 1. The topological polar surface area (TPSA) is 110 Å². The molecule has 31 heavy (non-hydrogen) atoms. The fourth-order valence-electron chi connectivity index (χ4n) is 3.89. The summed E-state index contributed by atoms with van der Waals surface area (Å²) in [4.78, 5) is 24.4. The van der Waals surface area contributed by atoms with Gasteiger partial charge in [0.2, 0.25) is 6.04 Å². The molecule has 1 heterocycles. The first-order chi connectivity index (χ1) is 14.5. The number of nitrogens with zero attached hydrogens (tertiary/aromatic N) is 3. The van der Waals surface area contributed by atoms with Gasteiger partial charge in [-0.15, -0.1) is 0 Å². The van der Waals surface area contributed by atoms with Crippen molar-refractivity contribution in [1.82, 2.24) is 0 Å². The molecule has 2 aromatic rings. The highest BCUT2D eigenvalue weighted by Gasteiger charge is 2.51. The van der Waals surface area contributed by atoms with Crippen LogP contribution in [0, 0.1) is 24.0 Å². The highest BCUT2D eigenvalue weighted by molar-refractivity contribution is 7.90. The Morgan fingerprint density at radius 2 is 1.58 bits per heavy atom. The number of sulfone groups is 1. The van der Waals surface area contributed by atoms with Crippen LogP contribution in [0.3, 0.4) is 0 Å². The van der Waals surface area contributed by atoms with Gasteiger partial charge < -0.3 is 0 Å². The molecule has 0 saturated carbocycles. The third kappa shape index (κ3) is 4.99. The van der Waals surface area contributed by atoms with E-state index in [9.17, 15) is 23.3 Å². The number of carbonyl (C=O) groups is 1. The Balaban J connectivity index is 2.27. The van der Waals surface area contributed by atoms with Crippen molar-refractivity contribution in [1.29, 1.82) is 0 Å². The lowest BCUT2D eigenvalue weighted by Crippen LogP contribution is -2.57. The molecular weight excluding hydrogens is 418 g/mol. The van der Waals surface area contributed by atoms with Crippen LogP contribution in [-0.4, -0.2) is 48.9 Å². The second-order valence-electron chi connectivity index (χ2n) is 8.05. The molecule has 9 heteroatoms. The molecule has 1 aliphatic heterocycles. The van der Waals surface area contributed by atoms with Gasteiger partial charge >= 0.3 is 0 Å². The van der Waals surface area contributed by atoms with Crippen LogP contribution < -0.4 is 5.01 Å². The fraction of sp³-hybridized carbons (Fsp3) is 0.364. The second-order valence-corrected chi connectivity index (χ2v) is 10.2. The largest absolute Gasteiger partial charge is 0.293 e. The number of hydrogen-bond acceptors (Lipinski definition) is 7. The van der Waals surface area contributed by atoms with E-state index in [2.05, 4.69) is 5.10 Å². The molecule has 8 nitrogen and oxygen atoms in total. The minimum Gasteiger partial charge on any atom is -0.293 e.